The molecule has 0 aliphatic rings. The second-order valence-electron chi connectivity index (χ2n) is 5.00. The molecule has 0 atom stereocenters. The number of hydrogen-bond donors (Lipinski definition) is 1. The molecule has 0 aliphatic carbocycles. The molecule has 134 valence electrons. The normalized spacial score (nSPS) is 10.6. The molecule has 1 aromatic carbocycles. The number of carbonyl (C=O) groups is 2. The molecule has 3 aromatic rings. The second kappa shape index (κ2) is 7.35. The summed E-state index contributed by atoms with van der Waals surface area (Å²) in [5, 5.41) is 10.4. The fourth-order valence-corrected chi connectivity index (χ4v) is 2.63. The van der Waals surface area contributed by atoms with E-state index in [4.69, 9.17) is 4.74 Å². The molecule has 11 heteroatoms. The zero-order valence-electron chi connectivity index (χ0n) is 13.8. The van der Waals surface area contributed by atoms with E-state index in [-0.39, 0.29) is 28.9 Å². The number of hydrogen-bond acceptors (Lipinski definition) is 8. The summed E-state index contributed by atoms with van der Waals surface area (Å²) in [6, 6.07) is 5.60. The number of ether oxygens (including phenoxy) is 1. The van der Waals surface area contributed by atoms with Crippen LogP contribution in [0.5, 0.6) is 0 Å². The van der Waals surface area contributed by atoms with Gasteiger partial charge in [-0.25, -0.2) is 18.9 Å². The number of anilines is 1. The van der Waals surface area contributed by atoms with Gasteiger partial charge in [-0.3, -0.25) is 4.79 Å². The van der Waals surface area contributed by atoms with Crippen LogP contribution in [-0.2, 0) is 4.74 Å². The Hall–Kier alpha value is -3.21. The van der Waals surface area contributed by atoms with Gasteiger partial charge in [0.25, 0.3) is 5.91 Å². The van der Waals surface area contributed by atoms with Gasteiger partial charge in [-0.2, -0.15) is 0 Å². The van der Waals surface area contributed by atoms with Crippen LogP contribution in [0.1, 0.15) is 33.9 Å². The average molecular weight is 376 g/mol. The van der Waals surface area contributed by atoms with E-state index in [1.54, 1.807) is 13.8 Å². The van der Waals surface area contributed by atoms with Gasteiger partial charge >= 0.3 is 5.97 Å². The summed E-state index contributed by atoms with van der Waals surface area (Å²) < 4.78 is 23.0. The highest BCUT2D eigenvalue weighted by Crippen LogP contribution is 2.19. The molecule has 0 saturated carbocycles. The van der Waals surface area contributed by atoms with Crippen LogP contribution in [0.4, 0.5) is 9.39 Å². The summed E-state index contributed by atoms with van der Waals surface area (Å²) in [5.74, 6) is -1.37. The van der Waals surface area contributed by atoms with Gasteiger partial charge in [-0.15, -0.1) is 10.2 Å². The first-order valence-electron chi connectivity index (χ1n) is 7.50. The first-order valence-corrected chi connectivity index (χ1v) is 8.27. The van der Waals surface area contributed by atoms with Crippen LogP contribution in [-0.4, -0.2) is 42.8 Å². The smallest absolute Gasteiger partial charge is 0.362 e. The fourth-order valence-electron chi connectivity index (χ4n) is 2.08. The number of rotatable bonds is 5. The Kier molecular flexibility index (Phi) is 4.98. The van der Waals surface area contributed by atoms with Gasteiger partial charge in [-0.05, 0) is 38.1 Å². The van der Waals surface area contributed by atoms with Gasteiger partial charge in [0, 0.05) is 11.5 Å². The maximum absolute atomic E-state index is 13.0. The van der Waals surface area contributed by atoms with Crippen molar-refractivity contribution in [2.45, 2.75) is 13.8 Å². The van der Waals surface area contributed by atoms with Gasteiger partial charge in [-0.1, -0.05) is 4.49 Å². The van der Waals surface area contributed by atoms with E-state index in [9.17, 15) is 14.0 Å². The lowest BCUT2D eigenvalue weighted by molar-refractivity contribution is 0.0520. The van der Waals surface area contributed by atoms with Crippen LogP contribution < -0.4 is 5.32 Å². The van der Waals surface area contributed by atoms with E-state index in [0.29, 0.717) is 11.5 Å². The van der Waals surface area contributed by atoms with E-state index in [2.05, 4.69) is 25.0 Å². The number of aromatic nitrogens is 5. The molecule has 0 radical (unpaired) electrons. The average Bonchev–Trinajstić information content (AvgIpc) is 3.22. The third-order valence-electron chi connectivity index (χ3n) is 3.23. The molecule has 9 nitrogen and oxygen atoms in total. The molecule has 0 spiro atoms. The molecular weight excluding hydrogens is 363 g/mol. The van der Waals surface area contributed by atoms with E-state index in [1.165, 1.54) is 28.9 Å². The summed E-state index contributed by atoms with van der Waals surface area (Å²) in [6.07, 6.45) is 0. The van der Waals surface area contributed by atoms with E-state index in [1.807, 2.05) is 0 Å². The Bertz CT molecular complexity index is 953. The topological polar surface area (TPSA) is 112 Å². The van der Waals surface area contributed by atoms with Gasteiger partial charge in [0.1, 0.15) is 11.6 Å². The zero-order chi connectivity index (χ0) is 18.7. The summed E-state index contributed by atoms with van der Waals surface area (Å²) in [6.45, 7) is 3.49. The Morgan fingerprint density at radius 3 is 2.73 bits per heavy atom. The summed E-state index contributed by atoms with van der Waals surface area (Å²) >= 11 is 0.838. The third kappa shape index (κ3) is 3.57. The van der Waals surface area contributed by atoms with E-state index in [0.717, 1.165) is 11.5 Å². The standard InChI is InChI=1S/C15H13FN6O3S/c1-3-25-15(24)11-14(26-21-19-11)18-13(23)12-17-8(2)22(20-12)10-6-4-9(16)5-7-10/h4-7H,3H2,1-2H3,(H,18,23). The van der Waals surface area contributed by atoms with E-state index < -0.39 is 11.9 Å². The molecule has 3 rings (SSSR count). The number of nitrogens with zero attached hydrogens (tertiary/aromatic N) is 5. The van der Waals surface area contributed by atoms with Crippen LogP contribution in [0.3, 0.4) is 0 Å². The highest BCUT2D eigenvalue weighted by Gasteiger charge is 2.22. The number of aryl methyl sites for hydroxylation is 1. The lowest BCUT2D eigenvalue weighted by Crippen LogP contribution is -2.16. The van der Waals surface area contributed by atoms with Crippen molar-refractivity contribution in [2.75, 3.05) is 11.9 Å². The van der Waals surface area contributed by atoms with Gasteiger partial charge in [0.05, 0.1) is 12.3 Å². The largest absolute Gasteiger partial charge is 0.461 e. The molecule has 0 saturated heterocycles. The number of amides is 1. The quantitative estimate of drug-likeness (QED) is 0.678. The highest BCUT2D eigenvalue weighted by molar-refractivity contribution is 7.10. The van der Waals surface area contributed by atoms with Gasteiger partial charge < -0.3 is 10.1 Å². The zero-order valence-corrected chi connectivity index (χ0v) is 14.6. The van der Waals surface area contributed by atoms with Crippen molar-refractivity contribution >= 4 is 28.4 Å². The molecule has 2 aromatic heterocycles. The number of esters is 1. The number of benzene rings is 1. The lowest BCUT2D eigenvalue weighted by atomic mass is 10.3. The first kappa shape index (κ1) is 17.6. The number of carbonyl (C=O) groups excluding carboxylic acids is 2. The Labute approximate surface area is 151 Å². The molecule has 0 aliphatic heterocycles. The summed E-state index contributed by atoms with van der Waals surface area (Å²) in [4.78, 5) is 28.3. The van der Waals surface area contributed by atoms with Crippen LogP contribution >= 0.6 is 11.5 Å². The van der Waals surface area contributed by atoms with Crippen molar-refractivity contribution in [1.82, 2.24) is 24.4 Å². The lowest BCUT2D eigenvalue weighted by Gasteiger charge is -2.02. The van der Waals surface area contributed by atoms with Gasteiger partial charge in [0.15, 0.2) is 5.00 Å². The summed E-state index contributed by atoms with van der Waals surface area (Å²) in [5.41, 5.74) is 0.474. The molecule has 0 fully saturated rings. The van der Waals surface area contributed by atoms with Crippen molar-refractivity contribution in [1.29, 1.82) is 0 Å². The highest BCUT2D eigenvalue weighted by atomic mass is 32.1. The monoisotopic (exact) mass is 376 g/mol. The number of halogens is 1. The Morgan fingerprint density at radius 1 is 1.31 bits per heavy atom. The van der Waals surface area contributed by atoms with Crippen molar-refractivity contribution in [3.63, 3.8) is 0 Å². The molecular formula is C15H13FN6O3S. The molecule has 2 heterocycles. The number of nitrogens with one attached hydrogen (secondary N) is 1. The minimum atomic E-state index is -0.683. The van der Waals surface area contributed by atoms with Crippen LogP contribution in [0, 0.1) is 12.7 Å². The van der Waals surface area contributed by atoms with Crippen LogP contribution in [0.25, 0.3) is 5.69 Å². The molecule has 0 bridgehead atoms. The molecule has 1 amide bonds. The Balaban J connectivity index is 1.82. The van der Waals surface area contributed by atoms with Crippen molar-refractivity contribution in [2.24, 2.45) is 0 Å². The third-order valence-corrected chi connectivity index (χ3v) is 3.87. The van der Waals surface area contributed by atoms with Gasteiger partial charge in [0.2, 0.25) is 11.5 Å². The SMILES string of the molecule is CCOC(=O)c1nnsc1NC(=O)c1nc(C)n(-c2ccc(F)cc2)n1. The van der Waals surface area contributed by atoms with Crippen molar-refractivity contribution < 1.29 is 18.7 Å². The predicted octanol–water partition coefficient (Wildman–Crippen LogP) is 2.00. The maximum atomic E-state index is 13.0. The van der Waals surface area contributed by atoms with Crippen molar-refractivity contribution in [3.8, 4) is 5.69 Å². The minimum absolute atomic E-state index is 0.0834. The Morgan fingerprint density at radius 2 is 2.04 bits per heavy atom. The fraction of sp³-hybridized carbons (Fsp3) is 0.200. The van der Waals surface area contributed by atoms with Crippen LogP contribution in [0.15, 0.2) is 24.3 Å². The molecule has 26 heavy (non-hydrogen) atoms. The van der Waals surface area contributed by atoms with Crippen molar-refractivity contribution in [3.05, 3.63) is 47.4 Å². The summed E-state index contributed by atoms with van der Waals surface area (Å²) in [7, 11) is 0. The molecule has 0 unspecified atom stereocenters. The first-order chi connectivity index (χ1) is 12.5. The molecule has 1 N–H and O–H groups in total. The maximum Gasteiger partial charge on any atom is 0.362 e. The van der Waals surface area contributed by atoms with Crippen LogP contribution in [0.2, 0.25) is 0 Å². The minimum Gasteiger partial charge on any atom is -0.461 e. The van der Waals surface area contributed by atoms with E-state index >= 15 is 0 Å². The predicted molar refractivity (Wildman–Crippen MR) is 89.9 cm³/mol. The second-order valence-corrected chi connectivity index (χ2v) is 5.75.